The number of aromatic nitrogens is 6. The van der Waals surface area contributed by atoms with Gasteiger partial charge >= 0.3 is 17.9 Å². The number of esters is 3. The van der Waals surface area contributed by atoms with Crippen LogP contribution in [-0.2, 0) is 43.0 Å². The van der Waals surface area contributed by atoms with Gasteiger partial charge in [-0.3, -0.25) is 33.8 Å². The van der Waals surface area contributed by atoms with Crippen LogP contribution in [0.1, 0.15) is 173 Å². The van der Waals surface area contributed by atoms with Gasteiger partial charge in [0.2, 0.25) is 29.2 Å². The predicted molar refractivity (Wildman–Crippen MR) is 381 cm³/mol. The van der Waals surface area contributed by atoms with Crippen molar-refractivity contribution >= 4 is 75.4 Å². The predicted octanol–water partition coefficient (Wildman–Crippen LogP) is 17.1. The normalized spacial score (nSPS) is 10.7. The van der Waals surface area contributed by atoms with Crippen LogP contribution in [0.4, 0.5) is 17.1 Å². The molecule has 96 heavy (non-hydrogen) atoms. The highest BCUT2D eigenvalue weighted by Crippen LogP contribution is 2.37. The number of benzene rings is 3. The molecular formula is C72H99N9O13S2. The summed E-state index contributed by atoms with van der Waals surface area (Å²) in [5, 5.41) is 18.0. The highest BCUT2D eigenvalue weighted by Gasteiger charge is 2.32. The van der Waals surface area contributed by atoms with Crippen molar-refractivity contribution in [2.75, 3.05) is 57.2 Å². The van der Waals surface area contributed by atoms with E-state index in [-0.39, 0.29) is 56.2 Å². The first kappa shape index (κ1) is 84.6. The molecule has 6 heterocycles. The molecule has 522 valence electrons. The van der Waals surface area contributed by atoms with Gasteiger partial charge in [0.05, 0.1) is 79.8 Å². The third-order valence-corrected chi connectivity index (χ3v) is 15.1. The van der Waals surface area contributed by atoms with Crippen LogP contribution < -0.4 is 14.7 Å². The minimum atomic E-state index is -0.494. The highest BCUT2D eigenvalue weighted by atomic mass is 32.1. The number of amides is 3. The summed E-state index contributed by atoms with van der Waals surface area (Å²) in [6, 6.07) is 29.6. The number of methoxy groups -OCH3 is 3. The zero-order valence-corrected chi connectivity index (χ0v) is 61.4. The van der Waals surface area contributed by atoms with Gasteiger partial charge in [0.1, 0.15) is 5.69 Å². The molecule has 3 atom stereocenters. The van der Waals surface area contributed by atoms with Gasteiger partial charge in [0.25, 0.3) is 0 Å². The fourth-order valence-electron chi connectivity index (χ4n) is 8.95. The van der Waals surface area contributed by atoms with Crippen molar-refractivity contribution in [2.24, 2.45) is 0 Å². The molecule has 0 spiro atoms. The second kappa shape index (κ2) is 47.5. The van der Waals surface area contributed by atoms with Crippen molar-refractivity contribution in [1.29, 1.82) is 0 Å². The van der Waals surface area contributed by atoms with Crippen LogP contribution in [0.15, 0.2) is 144 Å². The Kier molecular flexibility index (Phi) is 41.8. The molecule has 0 saturated carbocycles. The first-order valence-corrected chi connectivity index (χ1v) is 34.1. The number of para-hydroxylation sites is 3. The smallest absolute Gasteiger partial charge is 0.306 e. The van der Waals surface area contributed by atoms with Gasteiger partial charge in [-0.2, -0.15) is 0 Å². The summed E-state index contributed by atoms with van der Waals surface area (Å²) < 4.78 is 35.9. The van der Waals surface area contributed by atoms with E-state index in [1.165, 1.54) is 50.2 Å². The maximum Gasteiger partial charge on any atom is 0.306 e. The summed E-state index contributed by atoms with van der Waals surface area (Å²) in [7, 11) is 9.09. The van der Waals surface area contributed by atoms with Crippen molar-refractivity contribution in [3.05, 3.63) is 160 Å². The van der Waals surface area contributed by atoms with Crippen molar-refractivity contribution in [3.63, 3.8) is 0 Å². The second-order valence-electron chi connectivity index (χ2n) is 19.1. The van der Waals surface area contributed by atoms with Crippen LogP contribution >= 0.6 is 22.7 Å². The lowest BCUT2D eigenvalue weighted by atomic mass is 9.93. The number of carbonyl (C=O) groups excluding carboxylic acids is 6. The summed E-state index contributed by atoms with van der Waals surface area (Å²) in [6.45, 7) is 29.5. The molecule has 0 N–H and O–H groups in total. The molecule has 22 nitrogen and oxygen atoms in total. The first-order chi connectivity index (χ1) is 46.5. The topological polar surface area (TPSA) is 270 Å². The molecule has 0 fully saturated rings. The lowest BCUT2D eigenvalue weighted by Gasteiger charge is -2.20. The maximum absolute atomic E-state index is 12.9. The van der Waals surface area contributed by atoms with Crippen molar-refractivity contribution in [2.45, 2.75) is 160 Å². The monoisotopic (exact) mass is 1360 g/mol. The fourth-order valence-corrected chi connectivity index (χ4v) is 10.1. The van der Waals surface area contributed by atoms with E-state index in [0.29, 0.717) is 51.4 Å². The number of rotatable bonds is 21. The summed E-state index contributed by atoms with van der Waals surface area (Å²) in [5.41, 5.74) is 10.4. The number of anilines is 3. The van der Waals surface area contributed by atoms with Crippen LogP contribution in [0.2, 0.25) is 0 Å². The molecule has 0 radical (unpaired) electrons. The Hall–Kier alpha value is -9.42. The summed E-state index contributed by atoms with van der Waals surface area (Å²) in [5.74, 6) is -1.02. The van der Waals surface area contributed by atoms with E-state index in [2.05, 4.69) is 30.6 Å². The van der Waals surface area contributed by atoms with E-state index in [1.54, 1.807) is 66.1 Å². The van der Waals surface area contributed by atoms with Gasteiger partial charge in [-0.05, 0) is 57.2 Å². The van der Waals surface area contributed by atoms with E-state index < -0.39 is 35.7 Å². The molecule has 0 aliphatic carbocycles. The van der Waals surface area contributed by atoms with Crippen molar-refractivity contribution < 1.29 is 61.1 Å². The molecule has 24 heteroatoms. The van der Waals surface area contributed by atoms with Crippen LogP contribution in [0.25, 0.3) is 33.6 Å². The molecular weight excluding hydrogens is 1260 g/mol. The highest BCUT2D eigenvalue weighted by molar-refractivity contribution is 7.13. The molecule has 9 aromatic rings. The van der Waals surface area contributed by atoms with Gasteiger partial charge in [-0.25, -0.2) is 4.98 Å². The zero-order valence-electron chi connectivity index (χ0n) is 59.7. The summed E-state index contributed by atoms with van der Waals surface area (Å²) in [4.78, 5) is 88.2. The Morgan fingerprint density at radius 2 is 0.792 bits per heavy atom. The van der Waals surface area contributed by atoms with E-state index in [9.17, 15) is 28.8 Å². The average Bonchev–Trinajstić information content (AvgIpc) is 1.67. The molecule has 0 aliphatic heterocycles. The largest absolute Gasteiger partial charge is 0.469 e. The Morgan fingerprint density at radius 3 is 1.10 bits per heavy atom. The number of nitrogens with zero attached hydrogens (tertiary/aromatic N) is 9. The van der Waals surface area contributed by atoms with Crippen LogP contribution in [-0.4, -0.2) is 109 Å². The van der Waals surface area contributed by atoms with E-state index in [1.807, 2.05) is 193 Å². The Bertz CT molecular complexity index is 3190. The summed E-state index contributed by atoms with van der Waals surface area (Å²) >= 11 is 2.89. The molecule has 3 aromatic carbocycles. The lowest BCUT2D eigenvalue weighted by molar-refractivity contribution is -0.142. The van der Waals surface area contributed by atoms with E-state index >= 15 is 0 Å². The molecule has 3 amide bonds. The SMILES string of the molecule is CC.CC.CC.CC.CC.CC.COC(=O)CC(CC(=O)N(C)c1ccccc1)c1noc(-c2ccno2)c1C.COC(=O)CC(CC(=O)N(C)c1ccccc1)c1noc(-c2cncs2)c1C.COC(=O)CC(CC(=O)N(C)c1ccccc1)c1noc(-c2cscn2)c1C. The molecule has 0 aliphatic rings. The molecule has 0 bridgehead atoms. The maximum atomic E-state index is 12.9. The fraction of sp³-hybridized carbons (Fsp3) is 0.417. The van der Waals surface area contributed by atoms with Crippen LogP contribution in [0.3, 0.4) is 0 Å². The van der Waals surface area contributed by atoms with Crippen LogP contribution in [0.5, 0.6) is 0 Å². The molecule has 0 saturated heterocycles. The number of carbonyl (C=O) groups is 6. The van der Waals surface area contributed by atoms with Crippen molar-refractivity contribution in [3.8, 4) is 33.6 Å². The van der Waals surface area contributed by atoms with Gasteiger partial charge in [0, 0.05) is 110 Å². The third kappa shape index (κ3) is 25.4. The van der Waals surface area contributed by atoms with E-state index in [4.69, 9.17) is 32.3 Å². The van der Waals surface area contributed by atoms with E-state index in [0.717, 1.165) is 33.1 Å². The zero-order chi connectivity index (χ0) is 72.3. The van der Waals surface area contributed by atoms with Gasteiger partial charge in [-0.1, -0.05) is 158 Å². The molecule has 6 aromatic heterocycles. The van der Waals surface area contributed by atoms with Gasteiger partial charge < -0.3 is 47.0 Å². The van der Waals surface area contributed by atoms with Gasteiger partial charge in [0.15, 0.2) is 11.5 Å². The quantitative estimate of drug-likeness (QED) is 0.0477. The third-order valence-electron chi connectivity index (χ3n) is 13.8. The molecule has 9 rings (SSSR count). The molecule has 3 unspecified atom stereocenters. The standard InChI is InChI=1S/C20H21N3O5.2C20H21N3O4S.6C2H6/c1-13-19(22-28-20(13)16-9-10-21-27-16)14(12-18(25)26-3)11-17(24)23(2)15-7-5-4-6-8-15;1-13-19(22-27-20(13)16-11-28-12-21-16)14(10-18(25)26-3)9-17(24)23(2)15-7-5-4-6-8-15;1-13-19(22-27-20(13)16-11-21-12-28-16)14(10-18(25)26-3)9-17(24)23(2)15-7-5-4-6-8-15;6*1-2/h4-10,14H,11-12H2,1-3H3;2*4-8,11-12,14H,9-10H2,1-3H3;6*1-2H3. The Morgan fingerprint density at radius 1 is 0.448 bits per heavy atom. The number of ether oxygens (including phenoxy) is 3. The minimum Gasteiger partial charge on any atom is -0.469 e. The lowest BCUT2D eigenvalue weighted by Crippen LogP contribution is -2.28. The number of thiazole rings is 2. The van der Waals surface area contributed by atoms with Gasteiger partial charge in [-0.15, -0.1) is 22.7 Å². The first-order valence-electron chi connectivity index (χ1n) is 32.2. The van der Waals surface area contributed by atoms with Crippen molar-refractivity contribution in [1.82, 2.24) is 30.6 Å². The van der Waals surface area contributed by atoms with Crippen LogP contribution in [0, 0.1) is 20.8 Å². The minimum absolute atomic E-state index is 0.00802. The Labute approximate surface area is 574 Å². The summed E-state index contributed by atoms with van der Waals surface area (Å²) in [6.07, 6.45) is 3.57. The number of hydrogen-bond donors (Lipinski definition) is 0. The average molecular weight is 1360 g/mol. The number of hydrogen-bond acceptors (Lipinski definition) is 21. The Balaban J connectivity index is 0.000000666. The second-order valence-corrected chi connectivity index (χ2v) is 20.7.